The number of rotatable bonds is 8. The van der Waals surface area contributed by atoms with Crippen LogP contribution >= 0.6 is 0 Å². The lowest BCUT2D eigenvalue weighted by atomic mass is 9.84. The van der Waals surface area contributed by atoms with Crippen molar-refractivity contribution in [3.05, 3.63) is 12.2 Å². The van der Waals surface area contributed by atoms with Crippen LogP contribution in [0.5, 0.6) is 0 Å². The Hall–Kier alpha value is -0.773. The second-order valence-corrected chi connectivity index (χ2v) is 15.0. The van der Waals surface area contributed by atoms with Gasteiger partial charge < -0.3 is 28.5 Å². The topological polar surface area (TPSA) is 86.8 Å². The summed E-state index contributed by atoms with van der Waals surface area (Å²) < 4.78 is 29.2. The molecule has 0 aromatic rings. The highest BCUT2D eigenvalue weighted by atomic mass is 28.4. The predicted octanol–water partition coefficient (Wildman–Crippen LogP) is 3.17. The summed E-state index contributed by atoms with van der Waals surface area (Å²) in [5, 5.41) is 11.2. The van der Waals surface area contributed by atoms with Gasteiger partial charge in [-0.2, -0.15) is 0 Å². The third-order valence-electron chi connectivity index (χ3n) is 6.94. The van der Waals surface area contributed by atoms with Crippen molar-refractivity contribution in [1.82, 2.24) is 0 Å². The van der Waals surface area contributed by atoms with Gasteiger partial charge in [0.05, 0.1) is 18.6 Å². The molecule has 172 valence electrons. The van der Waals surface area contributed by atoms with Crippen molar-refractivity contribution in [2.45, 2.75) is 95.3 Å². The monoisotopic (exact) mass is 442 g/mol. The fourth-order valence-electron chi connectivity index (χ4n) is 3.64. The van der Waals surface area contributed by atoms with Crippen LogP contribution in [-0.4, -0.2) is 69.4 Å². The minimum Gasteiger partial charge on any atom is -0.463 e. The Balaban J connectivity index is 1.82. The Morgan fingerprint density at radius 3 is 2.60 bits per heavy atom. The molecule has 6 atom stereocenters. The minimum atomic E-state index is -2.05. The first-order valence-electron chi connectivity index (χ1n) is 11.1. The number of aliphatic hydroxyl groups is 1. The van der Waals surface area contributed by atoms with Crippen molar-refractivity contribution in [2.75, 3.05) is 19.8 Å². The molecule has 3 aliphatic rings. The summed E-state index contributed by atoms with van der Waals surface area (Å²) in [6, 6.07) is 0. The van der Waals surface area contributed by atoms with E-state index in [0.29, 0.717) is 13.0 Å². The molecule has 3 saturated heterocycles. The molecule has 0 spiro atoms. The Morgan fingerprint density at radius 1 is 1.33 bits per heavy atom. The molecule has 0 bridgehead atoms. The maximum atomic E-state index is 13.0. The Morgan fingerprint density at radius 2 is 2.03 bits per heavy atom. The average Bonchev–Trinajstić information content (AvgIpc) is 3.30. The molecule has 3 heterocycles. The zero-order valence-corrected chi connectivity index (χ0v) is 20.2. The molecule has 8 heteroatoms. The maximum Gasteiger partial charge on any atom is 0.342 e. The first-order valence-corrected chi connectivity index (χ1v) is 14.0. The van der Waals surface area contributed by atoms with Crippen LogP contribution in [0.3, 0.4) is 0 Å². The van der Waals surface area contributed by atoms with E-state index in [1.807, 2.05) is 6.92 Å². The van der Waals surface area contributed by atoms with E-state index in [0.717, 1.165) is 12.8 Å². The fourth-order valence-corrected chi connectivity index (χ4v) is 4.69. The predicted molar refractivity (Wildman–Crippen MR) is 114 cm³/mol. The molecule has 0 saturated carbocycles. The normalized spacial score (nSPS) is 36.2. The van der Waals surface area contributed by atoms with Gasteiger partial charge in [-0.1, -0.05) is 32.9 Å². The van der Waals surface area contributed by atoms with Gasteiger partial charge in [0.15, 0.2) is 14.6 Å². The third kappa shape index (κ3) is 5.00. The lowest BCUT2D eigenvalue weighted by molar-refractivity contribution is -0.250. The summed E-state index contributed by atoms with van der Waals surface area (Å²) in [6.07, 6.45) is 4.37. The zero-order valence-electron chi connectivity index (χ0n) is 19.2. The van der Waals surface area contributed by atoms with E-state index in [9.17, 15) is 9.90 Å². The van der Waals surface area contributed by atoms with E-state index in [1.54, 1.807) is 12.2 Å². The molecule has 3 unspecified atom stereocenters. The molecule has 3 aliphatic heterocycles. The van der Waals surface area contributed by atoms with Crippen molar-refractivity contribution in [3.8, 4) is 0 Å². The van der Waals surface area contributed by atoms with Gasteiger partial charge in [0.25, 0.3) is 0 Å². The molecule has 3 fully saturated rings. The van der Waals surface area contributed by atoms with Gasteiger partial charge in [0.1, 0.15) is 12.2 Å². The van der Waals surface area contributed by atoms with Crippen molar-refractivity contribution in [3.63, 3.8) is 0 Å². The van der Waals surface area contributed by atoms with Gasteiger partial charge in [-0.3, -0.25) is 0 Å². The molecule has 7 nitrogen and oxygen atoms in total. The highest BCUT2D eigenvalue weighted by Crippen LogP contribution is 2.41. The molecule has 0 aliphatic carbocycles. The van der Waals surface area contributed by atoms with Crippen LogP contribution in [0.4, 0.5) is 0 Å². The minimum absolute atomic E-state index is 0.0322. The van der Waals surface area contributed by atoms with E-state index < -0.39 is 38.2 Å². The number of carbonyl (C=O) groups excluding carboxylic acids is 1. The smallest absolute Gasteiger partial charge is 0.342 e. The van der Waals surface area contributed by atoms with Crippen LogP contribution in [0, 0.1) is 5.92 Å². The quantitative estimate of drug-likeness (QED) is 0.267. The summed E-state index contributed by atoms with van der Waals surface area (Å²) >= 11 is 0. The Labute approximate surface area is 181 Å². The molecule has 0 aromatic carbocycles. The SMILES string of the molecule is C[C@@H]1O[C@@H]1/C=C/C(O)C1(OC2CCCCO2)C(=O)OC[C@@H]1CO[Si](C)(C)C(C)(C)C. The van der Waals surface area contributed by atoms with E-state index in [1.165, 1.54) is 0 Å². The average molecular weight is 443 g/mol. The Kier molecular flexibility index (Phi) is 7.16. The van der Waals surface area contributed by atoms with Crippen molar-refractivity contribution >= 4 is 14.3 Å². The summed E-state index contributed by atoms with van der Waals surface area (Å²) in [5.41, 5.74) is -1.54. The second-order valence-electron chi connectivity index (χ2n) is 10.2. The lowest BCUT2D eigenvalue weighted by Gasteiger charge is -2.41. The summed E-state index contributed by atoms with van der Waals surface area (Å²) in [4.78, 5) is 13.0. The number of hydrogen-bond acceptors (Lipinski definition) is 7. The van der Waals surface area contributed by atoms with Crippen LogP contribution in [0.1, 0.15) is 47.0 Å². The number of hydrogen-bond donors (Lipinski definition) is 1. The van der Waals surface area contributed by atoms with E-state index in [4.69, 9.17) is 23.4 Å². The van der Waals surface area contributed by atoms with Crippen molar-refractivity contribution in [1.29, 1.82) is 0 Å². The third-order valence-corrected chi connectivity index (χ3v) is 11.4. The number of carbonyl (C=O) groups is 1. The van der Waals surface area contributed by atoms with Crippen LogP contribution in [0.15, 0.2) is 12.2 Å². The van der Waals surface area contributed by atoms with Gasteiger partial charge in [-0.05, 0) is 44.3 Å². The highest BCUT2D eigenvalue weighted by Gasteiger charge is 2.60. The van der Waals surface area contributed by atoms with Crippen LogP contribution in [-0.2, 0) is 28.2 Å². The van der Waals surface area contributed by atoms with E-state index in [-0.39, 0.29) is 30.5 Å². The summed E-state index contributed by atoms with van der Waals surface area (Å²) in [5.74, 6) is -0.982. The fraction of sp³-hybridized carbons (Fsp3) is 0.864. The summed E-state index contributed by atoms with van der Waals surface area (Å²) in [6.45, 7) is 13.8. The van der Waals surface area contributed by atoms with Crippen LogP contribution in [0.2, 0.25) is 18.1 Å². The Bertz CT molecular complexity index is 638. The second kappa shape index (κ2) is 9.00. The van der Waals surface area contributed by atoms with Gasteiger partial charge in [0, 0.05) is 13.2 Å². The molecular formula is C22H38O7Si. The number of ether oxygens (including phenoxy) is 4. The maximum absolute atomic E-state index is 13.0. The molecule has 0 amide bonds. The van der Waals surface area contributed by atoms with Crippen LogP contribution < -0.4 is 0 Å². The van der Waals surface area contributed by atoms with E-state index >= 15 is 0 Å². The standard InChI is InChI=1S/C22H38O7Si/c1-15-17(28-15)10-11-18(23)22(29-19-9-7-8-12-25-19)16(13-26-20(22)24)14-27-30(5,6)21(2,3)4/h10-11,15-19,23H,7-9,12-14H2,1-6H3/b11-10+/t15-,16+,17+,18?,19?,22?/m0/s1. The lowest BCUT2D eigenvalue weighted by Crippen LogP contribution is -2.57. The largest absolute Gasteiger partial charge is 0.463 e. The highest BCUT2D eigenvalue weighted by molar-refractivity contribution is 6.74. The van der Waals surface area contributed by atoms with Gasteiger partial charge >= 0.3 is 5.97 Å². The molecule has 3 rings (SSSR count). The number of esters is 1. The van der Waals surface area contributed by atoms with Gasteiger partial charge in [0.2, 0.25) is 5.60 Å². The van der Waals surface area contributed by atoms with Crippen molar-refractivity contribution in [2.24, 2.45) is 5.92 Å². The zero-order chi connectivity index (χ0) is 22.2. The first-order chi connectivity index (χ1) is 14.0. The number of epoxide rings is 1. The molecule has 30 heavy (non-hydrogen) atoms. The van der Waals surface area contributed by atoms with Crippen LogP contribution in [0.25, 0.3) is 0 Å². The van der Waals surface area contributed by atoms with E-state index in [2.05, 4.69) is 33.9 Å². The summed E-state index contributed by atoms with van der Waals surface area (Å²) in [7, 11) is -2.05. The van der Waals surface area contributed by atoms with Crippen molar-refractivity contribution < 1.29 is 33.3 Å². The molecular weight excluding hydrogens is 404 g/mol. The first kappa shape index (κ1) is 23.9. The van der Waals surface area contributed by atoms with Gasteiger partial charge in [-0.25, -0.2) is 4.79 Å². The van der Waals surface area contributed by atoms with Gasteiger partial charge in [-0.15, -0.1) is 0 Å². The number of cyclic esters (lactones) is 1. The number of aliphatic hydroxyl groups excluding tert-OH is 1. The molecule has 1 N–H and O–H groups in total. The molecule has 0 radical (unpaired) electrons. The molecule has 0 aromatic heterocycles.